The van der Waals surface area contributed by atoms with Crippen LogP contribution in [0.2, 0.25) is 0 Å². The molecular weight excluding hydrogens is 343 g/mol. The van der Waals surface area contributed by atoms with E-state index in [0.29, 0.717) is 48.8 Å². The van der Waals surface area contributed by atoms with Gasteiger partial charge in [-0.1, -0.05) is 6.92 Å². The predicted octanol–water partition coefficient (Wildman–Crippen LogP) is 0.621. The fourth-order valence-electron chi connectivity index (χ4n) is 6.35. The van der Waals surface area contributed by atoms with Gasteiger partial charge in [0.2, 0.25) is 0 Å². The van der Waals surface area contributed by atoms with E-state index in [1.165, 1.54) is 25.7 Å². The molecule has 7 heteroatoms. The molecule has 5 aliphatic rings. The van der Waals surface area contributed by atoms with Gasteiger partial charge in [0.15, 0.2) is 0 Å². The van der Waals surface area contributed by atoms with Gasteiger partial charge in [-0.15, -0.1) is 0 Å². The lowest BCUT2D eigenvalue weighted by Gasteiger charge is -2.47. The van der Waals surface area contributed by atoms with Gasteiger partial charge >= 0.3 is 0 Å². The molecule has 5 rings (SSSR count). The Balaban J connectivity index is 1.41. The van der Waals surface area contributed by atoms with E-state index in [4.69, 9.17) is 0 Å². The van der Waals surface area contributed by atoms with Crippen molar-refractivity contribution in [2.45, 2.75) is 82.1 Å². The smallest absolute Gasteiger partial charge is 0.113 e. The van der Waals surface area contributed by atoms with Gasteiger partial charge in [0.05, 0.1) is 18.4 Å². The summed E-state index contributed by atoms with van der Waals surface area (Å²) in [6, 6.07) is 1.47. The van der Waals surface area contributed by atoms with Crippen LogP contribution in [0.1, 0.15) is 45.4 Å². The Morgan fingerprint density at radius 2 is 1.81 bits per heavy atom. The van der Waals surface area contributed by atoms with Crippen LogP contribution in [0, 0.1) is 11.8 Å². The Bertz CT molecular complexity index is 521. The highest BCUT2D eigenvalue weighted by atomic mass is 19.1. The minimum atomic E-state index is -0.679. The number of rotatable bonds is 0. The number of nitrogens with zero attached hydrogens (tertiary/aromatic N) is 2. The molecule has 0 spiro atoms. The molecule has 8 atom stereocenters. The summed E-state index contributed by atoms with van der Waals surface area (Å²) in [5, 5.41) is 13.8. The number of hydrazine groups is 1. The molecule has 0 aromatic carbocycles. The normalized spacial score (nSPS) is 49.6. The highest BCUT2D eigenvalue weighted by Crippen LogP contribution is 2.36. The van der Waals surface area contributed by atoms with E-state index in [9.17, 15) is 4.39 Å². The van der Waals surface area contributed by atoms with Crippen LogP contribution in [0.3, 0.4) is 0 Å². The SMILES string of the molecule is C[C@@H]1CCC2NCC(F)CC2[C@H]2CCCN2C2CCN3NCC(NC1)C3N2. The first kappa shape index (κ1) is 18.7. The average molecular weight is 381 g/mol. The second-order valence-corrected chi connectivity index (χ2v) is 9.63. The van der Waals surface area contributed by atoms with Gasteiger partial charge in [-0.05, 0) is 63.5 Å². The van der Waals surface area contributed by atoms with Crippen LogP contribution in [0.25, 0.3) is 0 Å². The Morgan fingerprint density at radius 1 is 0.926 bits per heavy atom. The molecule has 5 saturated heterocycles. The Labute approximate surface area is 162 Å². The van der Waals surface area contributed by atoms with Gasteiger partial charge in [0.25, 0.3) is 0 Å². The van der Waals surface area contributed by atoms with E-state index in [1.807, 2.05) is 0 Å². The van der Waals surface area contributed by atoms with Crippen LogP contribution < -0.4 is 21.4 Å². The van der Waals surface area contributed by atoms with E-state index < -0.39 is 6.17 Å². The van der Waals surface area contributed by atoms with Gasteiger partial charge in [0, 0.05) is 31.7 Å². The second-order valence-electron chi connectivity index (χ2n) is 9.63. The Morgan fingerprint density at radius 3 is 2.74 bits per heavy atom. The second kappa shape index (κ2) is 7.84. The highest BCUT2D eigenvalue weighted by Gasteiger charge is 2.46. The molecule has 6 nitrogen and oxygen atoms in total. The number of hydrogen-bond acceptors (Lipinski definition) is 6. The predicted molar refractivity (Wildman–Crippen MR) is 105 cm³/mol. The third-order valence-electron chi connectivity index (χ3n) is 7.82. The van der Waals surface area contributed by atoms with E-state index in [1.54, 1.807) is 0 Å². The standard InChI is InChI=1S/C20H37FN6/c1-13-4-5-16-15(9-14(21)11-23-16)18-3-2-7-26(18)19-6-8-27-20(25-19)17(12-24-27)22-10-13/h13-20,22-25H,2-12H2,1H3/t13-,14?,15?,16?,17?,18-,19?,20?/m1/s1. The van der Waals surface area contributed by atoms with Crippen LogP contribution in [0.5, 0.6) is 0 Å². The zero-order valence-electron chi connectivity index (χ0n) is 16.7. The quantitative estimate of drug-likeness (QED) is 0.494. The monoisotopic (exact) mass is 380 g/mol. The lowest BCUT2D eigenvalue weighted by atomic mass is 9.79. The zero-order valence-corrected chi connectivity index (χ0v) is 16.7. The molecule has 6 unspecified atom stereocenters. The summed E-state index contributed by atoms with van der Waals surface area (Å²) in [6.07, 6.45) is 6.91. The molecule has 5 fully saturated rings. The molecule has 5 aliphatic heterocycles. The van der Waals surface area contributed by atoms with Crippen molar-refractivity contribution >= 4 is 0 Å². The third kappa shape index (κ3) is 3.67. The largest absolute Gasteiger partial charge is 0.311 e. The van der Waals surface area contributed by atoms with Crippen LogP contribution in [-0.4, -0.2) is 79.3 Å². The molecule has 0 aromatic rings. The summed E-state index contributed by atoms with van der Waals surface area (Å²) in [5.41, 5.74) is 3.58. The van der Waals surface area contributed by atoms with Crippen LogP contribution in [0.15, 0.2) is 0 Å². The maximum atomic E-state index is 14.4. The molecule has 5 heterocycles. The van der Waals surface area contributed by atoms with Crippen molar-refractivity contribution in [2.75, 3.05) is 32.7 Å². The summed E-state index contributed by atoms with van der Waals surface area (Å²) in [5.74, 6) is 1.11. The van der Waals surface area contributed by atoms with Crippen molar-refractivity contribution in [1.29, 1.82) is 0 Å². The number of fused-ring (bicyclic) bond motifs is 5. The molecule has 0 aliphatic carbocycles. The first-order valence-electron chi connectivity index (χ1n) is 11.3. The number of hydrogen-bond donors (Lipinski definition) is 4. The van der Waals surface area contributed by atoms with Gasteiger partial charge < -0.3 is 10.6 Å². The Hall–Kier alpha value is -0.310. The Kier molecular flexibility index (Phi) is 5.43. The highest BCUT2D eigenvalue weighted by molar-refractivity contribution is 5.01. The molecule has 0 aromatic heterocycles. The van der Waals surface area contributed by atoms with Gasteiger partial charge in [-0.25, -0.2) is 9.40 Å². The third-order valence-corrected chi connectivity index (χ3v) is 7.82. The summed E-state index contributed by atoms with van der Waals surface area (Å²) >= 11 is 0. The van der Waals surface area contributed by atoms with Crippen LogP contribution >= 0.6 is 0 Å². The first-order valence-corrected chi connectivity index (χ1v) is 11.3. The molecule has 2 bridgehead atoms. The molecular formula is C20H37FN6. The zero-order chi connectivity index (χ0) is 18.4. The summed E-state index contributed by atoms with van der Waals surface area (Å²) < 4.78 is 14.4. The number of alkyl halides is 1. The lowest BCUT2D eigenvalue weighted by molar-refractivity contribution is -0.00177. The van der Waals surface area contributed by atoms with Crippen molar-refractivity contribution < 1.29 is 4.39 Å². The molecule has 27 heavy (non-hydrogen) atoms. The fourth-order valence-corrected chi connectivity index (χ4v) is 6.35. The van der Waals surface area contributed by atoms with Crippen molar-refractivity contribution in [3.8, 4) is 0 Å². The van der Waals surface area contributed by atoms with Gasteiger partial charge in [0.1, 0.15) is 6.17 Å². The van der Waals surface area contributed by atoms with E-state index in [-0.39, 0.29) is 0 Å². The van der Waals surface area contributed by atoms with Crippen molar-refractivity contribution in [1.82, 2.24) is 31.3 Å². The fraction of sp³-hybridized carbons (Fsp3) is 1.00. The van der Waals surface area contributed by atoms with Gasteiger partial charge in [-0.3, -0.25) is 15.6 Å². The molecule has 4 N–H and O–H groups in total. The maximum Gasteiger partial charge on any atom is 0.113 e. The molecule has 0 amide bonds. The van der Waals surface area contributed by atoms with Gasteiger partial charge in [-0.2, -0.15) is 0 Å². The van der Waals surface area contributed by atoms with Crippen molar-refractivity contribution in [3.63, 3.8) is 0 Å². The van der Waals surface area contributed by atoms with Crippen LogP contribution in [0.4, 0.5) is 4.39 Å². The minimum Gasteiger partial charge on any atom is -0.311 e. The maximum absolute atomic E-state index is 14.4. The number of piperidine rings is 1. The van der Waals surface area contributed by atoms with Crippen molar-refractivity contribution in [2.24, 2.45) is 11.8 Å². The summed E-state index contributed by atoms with van der Waals surface area (Å²) in [4.78, 5) is 2.71. The molecule has 154 valence electrons. The number of halogens is 1. The van der Waals surface area contributed by atoms with Crippen molar-refractivity contribution in [3.05, 3.63) is 0 Å². The summed E-state index contributed by atoms with van der Waals surface area (Å²) in [7, 11) is 0. The van der Waals surface area contributed by atoms with E-state index in [2.05, 4.69) is 38.2 Å². The lowest BCUT2D eigenvalue weighted by Crippen LogP contribution is -2.66. The first-order chi connectivity index (χ1) is 13.2. The molecule has 0 saturated carbocycles. The van der Waals surface area contributed by atoms with E-state index in [0.717, 1.165) is 39.0 Å². The molecule has 0 radical (unpaired) electrons. The summed E-state index contributed by atoms with van der Waals surface area (Å²) in [6.45, 7) is 7.25. The minimum absolute atomic E-state index is 0.368. The average Bonchev–Trinajstić information content (AvgIpc) is 3.31. The number of nitrogens with one attached hydrogen (secondary N) is 4. The van der Waals surface area contributed by atoms with E-state index >= 15 is 0 Å². The topological polar surface area (TPSA) is 54.6 Å². The van der Waals surface area contributed by atoms with Crippen LogP contribution in [-0.2, 0) is 0 Å².